The van der Waals surface area contributed by atoms with Crippen LogP contribution in [0.15, 0.2) is 48.5 Å². The van der Waals surface area contributed by atoms with Gasteiger partial charge in [-0.05, 0) is 47.5 Å². The van der Waals surface area contributed by atoms with Crippen LogP contribution in [-0.4, -0.2) is 5.97 Å². The number of carbonyl (C=O) groups is 1. The molecule has 4 nitrogen and oxygen atoms in total. The Morgan fingerprint density at radius 3 is 2.38 bits per heavy atom. The summed E-state index contributed by atoms with van der Waals surface area (Å²) in [6.45, 7) is -0.0407. The fourth-order valence-corrected chi connectivity index (χ4v) is 2.01. The standard InChI is InChI=1S/C17H15F3N2O2/c18-17(19,20)13-3-1-2-11(6-13)4-5-16(23)24-10-12-7-14(21)9-15(22)8-12/h1-9H,10,21-22H2. The van der Waals surface area contributed by atoms with Gasteiger partial charge in [-0.2, -0.15) is 13.2 Å². The molecule has 0 fully saturated rings. The van der Waals surface area contributed by atoms with Crippen molar-refractivity contribution in [3.63, 3.8) is 0 Å². The van der Waals surface area contributed by atoms with Gasteiger partial charge in [0, 0.05) is 17.5 Å². The first-order valence-electron chi connectivity index (χ1n) is 6.91. The van der Waals surface area contributed by atoms with Crippen molar-refractivity contribution in [2.45, 2.75) is 12.8 Å². The van der Waals surface area contributed by atoms with Gasteiger partial charge in [-0.1, -0.05) is 12.1 Å². The van der Waals surface area contributed by atoms with Crippen molar-refractivity contribution < 1.29 is 22.7 Å². The normalized spacial score (nSPS) is 11.6. The van der Waals surface area contributed by atoms with Gasteiger partial charge in [0.15, 0.2) is 0 Å². The third kappa shape index (κ3) is 5.05. The molecule has 0 aliphatic heterocycles. The average molecular weight is 336 g/mol. The average Bonchev–Trinajstić information content (AvgIpc) is 2.49. The third-order valence-electron chi connectivity index (χ3n) is 3.04. The predicted octanol–water partition coefficient (Wildman–Crippen LogP) is 3.63. The number of hydrogen-bond acceptors (Lipinski definition) is 4. The number of carbonyl (C=O) groups excluding carboxylic acids is 1. The Hall–Kier alpha value is -2.96. The first-order valence-corrected chi connectivity index (χ1v) is 6.91. The highest BCUT2D eigenvalue weighted by Gasteiger charge is 2.30. The molecule has 24 heavy (non-hydrogen) atoms. The molecule has 0 saturated carbocycles. The summed E-state index contributed by atoms with van der Waals surface area (Å²) in [6, 6.07) is 9.42. The second kappa shape index (κ2) is 7.08. The number of esters is 1. The molecule has 0 amide bonds. The summed E-state index contributed by atoms with van der Waals surface area (Å²) in [4.78, 5) is 11.6. The number of nitrogens with two attached hydrogens (primary N) is 2. The van der Waals surface area contributed by atoms with Gasteiger partial charge in [-0.25, -0.2) is 4.79 Å². The molecule has 2 aromatic carbocycles. The van der Waals surface area contributed by atoms with Crippen molar-refractivity contribution in [1.29, 1.82) is 0 Å². The van der Waals surface area contributed by atoms with E-state index in [4.69, 9.17) is 16.2 Å². The smallest absolute Gasteiger partial charge is 0.416 e. The van der Waals surface area contributed by atoms with Gasteiger partial charge >= 0.3 is 12.1 Å². The van der Waals surface area contributed by atoms with Crippen molar-refractivity contribution in [2.75, 3.05) is 11.5 Å². The Morgan fingerprint density at radius 2 is 1.75 bits per heavy atom. The summed E-state index contributed by atoms with van der Waals surface area (Å²) in [6.07, 6.45) is -2.12. The van der Waals surface area contributed by atoms with Gasteiger partial charge in [-0.3, -0.25) is 0 Å². The van der Waals surface area contributed by atoms with Gasteiger partial charge in [0.2, 0.25) is 0 Å². The first kappa shape index (κ1) is 17.4. The third-order valence-corrected chi connectivity index (χ3v) is 3.04. The fraction of sp³-hybridized carbons (Fsp3) is 0.118. The molecular weight excluding hydrogens is 321 g/mol. The molecule has 0 atom stereocenters. The van der Waals surface area contributed by atoms with E-state index in [9.17, 15) is 18.0 Å². The van der Waals surface area contributed by atoms with E-state index in [1.807, 2.05) is 0 Å². The highest BCUT2D eigenvalue weighted by molar-refractivity contribution is 5.87. The number of nitrogen functional groups attached to an aromatic ring is 2. The molecule has 0 unspecified atom stereocenters. The Bertz CT molecular complexity index is 750. The number of rotatable bonds is 4. The lowest BCUT2D eigenvalue weighted by Gasteiger charge is -2.07. The Morgan fingerprint density at radius 1 is 1.08 bits per heavy atom. The van der Waals surface area contributed by atoms with Crippen molar-refractivity contribution in [1.82, 2.24) is 0 Å². The molecule has 126 valence electrons. The van der Waals surface area contributed by atoms with Crippen LogP contribution in [0.4, 0.5) is 24.5 Å². The number of hydrogen-bond donors (Lipinski definition) is 2. The van der Waals surface area contributed by atoms with Gasteiger partial charge in [0.05, 0.1) is 5.56 Å². The lowest BCUT2D eigenvalue weighted by Crippen LogP contribution is -2.04. The van der Waals surface area contributed by atoms with Gasteiger partial charge in [-0.15, -0.1) is 0 Å². The molecule has 0 heterocycles. The predicted molar refractivity (Wildman–Crippen MR) is 85.5 cm³/mol. The number of benzene rings is 2. The Labute approximate surface area is 136 Å². The Balaban J connectivity index is 1.98. The molecule has 2 aromatic rings. The molecule has 0 radical (unpaired) electrons. The number of anilines is 2. The Kier molecular flexibility index (Phi) is 5.13. The second-order valence-corrected chi connectivity index (χ2v) is 5.07. The van der Waals surface area contributed by atoms with Crippen LogP contribution < -0.4 is 11.5 Å². The minimum Gasteiger partial charge on any atom is -0.458 e. The number of ether oxygens (including phenoxy) is 1. The zero-order chi connectivity index (χ0) is 17.7. The van der Waals surface area contributed by atoms with E-state index in [0.29, 0.717) is 16.9 Å². The van der Waals surface area contributed by atoms with E-state index in [-0.39, 0.29) is 12.2 Å². The summed E-state index contributed by atoms with van der Waals surface area (Å²) in [7, 11) is 0. The van der Waals surface area contributed by atoms with Crippen LogP contribution in [-0.2, 0) is 22.3 Å². The van der Waals surface area contributed by atoms with Crippen LogP contribution in [0.2, 0.25) is 0 Å². The highest BCUT2D eigenvalue weighted by Crippen LogP contribution is 2.29. The van der Waals surface area contributed by atoms with Crippen LogP contribution >= 0.6 is 0 Å². The van der Waals surface area contributed by atoms with E-state index < -0.39 is 17.7 Å². The molecule has 0 aromatic heterocycles. The van der Waals surface area contributed by atoms with Crippen molar-refractivity contribution >= 4 is 23.4 Å². The van der Waals surface area contributed by atoms with E-state index in [0.717, 1.165) is 18.2 Å². The molecule has 0 aliphatic rings. The number of alkyl halides is 3. The van der Waals surface area contributed by atoms with Crippen LogP contribution in [0.5, 0.6) is 0 Å². The van der Waals surface area contributed by atoms with Gasteiger partial charge in [0.25, 0.3) is 0 Å². The SMILES string of the molecule is Nc1cc(N)cc(COC(=O)C=Cc2cccc(C(F)(F)F)c2)c1. The van der Waals surface area contributed by atoms with Crippen LogP contribution in [0.25, 0.3) is 6.08 Å². The van der Waals surface area contributed by atoms with Crippen molar-refractivity contribution in [2.24, 2.45) is 0 Å². The molecular formula is C17H15F3N2O2. The zero-order valence-electron chi connectivity index (χ0n) is 12.5. The van der Waals surface area contributed by atoms with Crippen molar-refractivity contribution in [3.05, 3.63) is 65.2 Å². The lowest BCUT2D eigenvalue weighted by atomic mass is 10.1. The second-order valence-electron chi connectivity index (χ2n) is 5.07. The van der Waals surface area contributed by atoms with Crippen LogP contribution in [0, 0.1) is 0 Å². The van der Waals surface area contributed by atoms with Crippen molar-refractivity contribution in [3.8, 4) is 0 Å². The molecule has 0 aliphatic carbocycles. The van der Waals surface area contributed by atoms with E-state index in [1.165, 1.54) is 18.2 Å². The quantitative estimate of drug-likeness (QED) is 0.508. The minimum absolute atomic E-state index is 0.0407. The molecule has 0 saturated heterocycles. The summed E-state index contributed by atoms with van der Waals surface area (Å²) in [5.41, 5.74) is 12.2. The number of halogens is 3. The lowest BCUT2D eigenvalue weighted by molar-refractivity contribution is -0.139. The summed E-state index contributed by atoms with van der Waals surface area (Å²) < 4.78 is 42.8. The maximum atomic E-state index is 12.6. The summed E-state index contributed by atoms with van der Waals surface area (Å²) in [5, 5.41) is 0. The molecule has 7 heteroatoms. The van der Waals surface area contributed by atoms with E-state index in [2.05, 4.69) is 0 Å². The van der Waals surface area contributed by atoms with Crippen LogP contribution in [0.3, 0.4) is 0 Å². The maximum Gasteiger partial charge on any atom is 0.416 e. The topological polar surface area (TPSA) is 78.3 Å². The molecule has 2 rings (SSSR count). The monoisotopic (exact) mass is 336 g/mol. The fourth-order valence-electron chi connectivity index (χ4n) is 2.01. The minimum atomic E-state index is -4.43. The van der Waals surface area contributed by atoms with Gasteiger partial charge < -0.3 is 16.2 Å². The highest BCUT2D eigenvalue weighted by atomic mass is 19.4. The van der Waals surface area contributed by atoms with E-state index >= 15 is 0 Å². The molecule has 0 bridgehead atoms. The zero-order valence-corrected chi connectivity index (χ0v) is 12.5. The molecule has 0 spiro atoms. The molecule has 4 N–H and O–H groups in total. The summed E-state index contributed by atoms with van der Waals surface area (Å²) in [5.74, 6) is -0.687. The maximum absolute atomic E-state index is 12.6. The summed E-state index contributed by atoms with van der Waals surface area (Å²) >= 11 is 0. The van der Waals surface area contributed by atoms with Gasteiger partial charge in [0.1, 0.15) is 6.61 Å². The van der Waals surface area contributed by atoms with Crippen LogP contribution in [0.1, 0.15) is 16.7 Å². The first-order chi connectivity index (χ1) is 11.2. The van der Waals surface area contributed by atoms with E-state index in [1.54, 1.807) is 18.2 Å². The largest absolute Gasteiger partial charge is 0.458 e.